The lowest BCUT2D eigenvalue weighted by atomic mass is 10.1. The maximum atomic E-state index is 13.2. The van der Waals surface area contributed by atoms with E-state index in [1.807, 2.05) is 19.1 Å². The number of carbonyl (C=O) groups is 2. The number of aromatic nitrogens is 1. The van der Waals surface area contributed by atoms with Crippen molar-refractivity contribution in [1.82, 2.24) is 4.98 Å². The van der Waals surface area contributed by atoms with Gasteiger partial charge in [0.25, 0.3) is 5.91 Å². The summed E-state index contributed by atoms with van der Waals surface area (Å²) in [6.07, 6.45) is -0.472. The zero-order chi connectivity index (χ0) is 21.3. The Morgan fingerprint density at radius 1 is 1.23 bits per heavy atom. The molecule has 6 nitrogen and oxygen atoms in total. The Balaban J connectivity index is 1.43. The van der Waals surface area contributed by atoms with Gasteiger partial charge >= 0.3 is 0 Å². The molecule has 8 heteroatoms. The molecule has 1 aromatic heterocycles. The van der Waals surface area contributed by atoms with Crippen LogP contribution in [0.5, 0.6) is 5.75 Å². The highest BCUT2D eigenvalue weighted by Crippen LogP contribution is 2.34. The number of aryl methyl sites for hydroxylation is 1. The summed E-state index contributed by atoms with van der Waals surface area (Å²) in [5.74, 6) is -0.0952. The molecule has 30 heavy (non-hydrogen) atoms. The van der Waals surface area contributed by atoms with Crippen LogP contribution in [0.2, 0.25) is 0 Å². The van der Waals surface area contributed by atoms with Crippen molar-refractivity contribution in [3.63, 3.8) is 0 Å². The second-order valence-corrected chi connectivity index (χ2v) is 8.15. The van der Waals surface area contributed by atoms with E-state index in [2.05, 4.69) is 10.3 Å². The van der Waals surface area contributed by atoms with E-state index in [0.29, 0.717) is 22.3 Å². The fraction of sp³-hybridized carbons (Fsp3) is 0.227. The van der Waals surface area contributed by atoms with Gasteiger partial charge in [-0.05, 0) is 50.2 Å². The summed E-state index contributed by atoms with van der Waals surface area (Å²) in [4.78, 5) is 32.0. The number of ether oxygens (including phenoxy) is 1. The van der Waals surface area contributed by atoms with Crippen LogP contribution in [-0.2, 0) is 9.59 Å². The largest absolute Gasteiger partial charge is 0.479 e. The number of benzene rings is 2. The zero-order valence-corrected chi connectivity index (χ0v) is 17.3. The topological polar surface area (TPSA) is 71.5 Å². The first-order valence-electron chi connectivity index (χ1n) is 9.52. The summed E-state index contributed by atoms with van der Waals surface area (Å²) < 4.78 is 18.8. The molecule has 1 atom stereocenters. The monoisotopic (exact) mass is 425 g/mol. The van der Waals surface area contributed by atoms with Crippen LogP contribution in [0.1, 0.15) is 18.2 Å². The average Bonchev–Trinajstić information content (AvgIpc) is 3.09. The molecule has 1 unspecified atom stereocenters. The van der Waals surface area contributed by atoms with Crippen molar-refractivity contribution in [2.24, 2.45) is 0 Å². The molecule has 1 N–H and O–H groups in total. The van der Waals surface area contributed by atoms with Gasteiger partial charge in [0.1, 0.15) is 11.6 Å². The summed E-state index contributed by atoms with van der Waals surface area (Å²) in [6.45, 7) is 3.84. The maximum absolute atomic E-state index is 13.2. The Morgan fingerprint density at radius 2 is 1.97 bits per heavy atom. The van der Waals surface area contributed by atoms with Gasteiger partial charge in [0, 0.05) is 23.4 Å². The number of rotatable bonds is 5. The lowest BCUT2D eigenvalue weighted by Crippen LogP contribution is -2.45. The normalized spacial score (nSPS) is 15.5. The summed E-state index contributed by atoms with van der Waals surface area (Å²) >= 11 is 1.36. The number of thiazole rings is 1. The van der Waals surface area contributed by atoms with Crippen LogP contribution in [0.25, 0.3) is 11.3 Å². The Bertz CT molecular complexity index is 1100. The fourth-order valence-electron chi connectivity index (χ4n) is 3.31. The quantitative estimate of drug-likeness (QED) is 0.658. The van der Waals surface area contributed by atoms with Crippen LogP contribution in [0.15, 0.2) is 48.5 Å². The van der Waals surface area contributed by atoms with Crippen molar-refractivity contribution in [3.8, 4) is 17.0 Å². The molecule has 2 aromatic carbocycles. The number of hydrogen-bond acceptors (Lipinski definition) is 5. The second-order valence-electron chi connectivity index (χ2n) is 6.95. The van der Waals surface area contributed by atoms with Gasteiger partial charge in [0.15, 0.2) is 11.2 Å². The van der Waals surface area contributed by atoms with Crippen molar-refractivity contribution in [1.29, 1.82) is 0 Å². The van der Waals surface area contributed by atoms with Gasteiger partial charge in [-0.15, -0.1) is 11.3 Å². The number of halogens is 1. The molecule has 0 radical (unpaired) electrons. The van der Waals surface area contributed by atoms with Crippen LogP contribution < -0.4 is 15.0 Å². The van der Waals surface area contributed by atoms with Gasteiger partial charge in [-0.3, -0.25) is 9.59 Å². The number of nitrogens with one attached hydrogen (secondary N) is 1. The molecule has 0 bridgehead atoms. The first kappa shape index (κ1) is 20.0. The average molecular weight is 425 g/mol. The predicted molar refractivity (Wildman–Crippen MR) is 114 cm³/mol. The van der Waals surface area contributed by atoms with Gasteiger partial charge in [-0.1, -0.05) is 12.1 Å². The van der Waals surface area contributed by atoms with E-state index in [9.17, 15) is 14.0 Å². The Labute approximate surface area is 177 Å². The number of fused-ring (bicyclic) bond motifs is 1. The molecule has 2 amide bonds. The van der Waals surface area contributed by atoms with Crippen LogP contribution in [-0.4, -0.2) is 29.4 Å². The van der Waals surface area contributed by atoms with E-state index in [4.69, 9.17) is 4.74 Å². The third-order valence-electron chi connectivity index (χ3n) is 4.80. The minimum Gasteiger partial charge on any atom is -0.479 e. The van der Waals surface area contributed by atoms with Gasteiger partial charge in [-0.2, -0.15) is 0 Å². The van der Waals surface area contributed by atoms with Crippen LogP contribution in [0, 0.1) is 12.7 Å². The molecule has 0 saturated carbocycles. The molecule has 0 fully saturated rings. The maximum Gasteiger partial charge on any atom is 0.267 e. The molecule has 2 heterocycles. The number of nitrogens with zero attached hydrogens (tertiary/aromatic N) is 2. The van der Waals surface area contributed by atoms with E-state index < -0.39 is 6.10 Å². The van der Waals surface area contributed by atoms with E-state index in [-0.39, 0.29) is 30.6 Å². The fourth-order valence-corrected chi connectivity index (χ4v) is 4.16. The second kappa shape index (κ2) is 8.23. The highest BCUT2D eigenvalue weighted by molar-refractivity contribution is 7.16. The molecule has 154 valence electrons. The molecule has 0 spiro atoms. The molecule has 0 saturated heterocycles. The van der Waals surface area contributed by atoms with Crippen LogP contribution >= 0.6 is 11.3 Å². The summed E-state index contributed by atoms with van der Waals surface area (Å²) in [5.41, 5.74) is 2.16. The highest BCUT2D eigenvalue weighted by atomic mass is 32.1. The van der Waals surface area contributed by atoms with E-state index in [1.54, 1.807) is 36.1 Å². The molecule has 3 aromatic rings. The van der Waals surface area contributed by atoms with Gasteiger partial charge < -0.3 is 15.0 Å². The predicted octanol–water partition coefficient (Wildman–Crippen LogP) is 4.40. The minimum absolute atomic E-state index is 0.122. The first-order chi connectivity index (χ1) is 14.4. The Hall–Kier alpha value is -3.26. The smallest absolute Gasteiger partial charge is 0.267 e. The van der Waals surface area contributed by atoms with Crippen molar-refractivity contribution >= 4 is 34.0 Å². The Morgan fingerprint density at radius 3 is 2.73 bits per heavy atom. The molecule has 4 rings (SSSR count). The van der Waals surface area contributed by atoms with Crippen molar-refractivity contribution in [2.75, 3.05) is 16.8 Å². The van der Waals surface area contributed by atoms with E-state index >= 15 is 0 Å². The number of hydrogen-bond donors (Lipinski definition) is 1. The van der Waals surface area contributed by atoms with Crippen molar-refractivity contribution < 1.29 is 18.7 Å². The SMILES string of the molecule is Cc1sc(NC(=O)CCN2C(=O)C(C)Oc3ccccc32)nc1-c1ccc(F)cc1. The van der Waals surface area contributed by atoms with E-state index in [0.717, 1.165) is 10.4 Å². The molecule has 1 aliphatic rings. The van der Waals surface area contributed by atoms with Crippen LogP contribution in [0.4, 0.5) is 15.2 Å². The summed E-state index contributed by atoms with van der Waals surface area (Å²) in [6, 6.07) is 13.4. The van der Waals surface area contributed by atoms with E-state index in [1.165, 1.54) is 23.5 Å². The summed E-state index contributed by atoms with van der Waals surface area (Å²) in [7, 11) is 0. The lowest BCUT2D eigenvalue weighted by Gasteiger charge is -2.32. The van der Waals surface area contributed by atoms with Gasteiger partial charge in [-0.25, -0.2) is 9.37 Å². The zero-order valence-electron chi connectivity index (χ0n) is 16.5. The molecule has 1 aliphatic heterocycles. The number of carbonyl (C=O) groups excluding carboxylic acids is 2. The van der Waals surface area contributed by atoms with Crippen molar-refractivity contribution in [3.05, 3.63) is 59.2 Å². The standard InChI is InChI=1S/C22H20FN3O3S/c1-13-21(28)26(17-5-3-4-6-18(17)29-13)12-11-19(27)24-22-25-20(14(2)30-22)15-7-9-16(23)10-8-15/h3-10,13H,11-12H2,1-2H3,(H,24,25,27). The number of amides is 2. The first-order valence-corrected chi connectivity index (χ1v) is 10.3. The third kappa shape index (κ3) is 4.04. The summed E-state index contributed by atoms with van der Waals surface area (Å²) in [5, 5.41) is 3.27. The van der Waals surface area contributed by atoms with Gasteiger partial charge in [0.2, 0.25) is 5.91 Å². The number of anilines is 2. The van der Waals surface area contributed by atoms with Gasteiger partial charge in [0.05, 0.1) is 11.4 Å². The molecule has 0 aliphatic carbocycles. The Kier molecular flexibility index (Phi) is 5.50. The molecular formula is C22H20FN3O3S. The lowest BCUT2D eigenvalue weighted by molar-refractivity contribution is -0.125. The molecular weight excluding hydrogens is 405 g/mol. The highest BCUT2D eigenvalue weighted by Gasteiger charge is 2.31. The minimum atomic E-state index is -0.595. The third-order valence-corrected chi connectivity index (χ3v) is 5.68. The van der Waals surface area contributed by atoms with Crippen molar-refractivity contribution in [2.45, 2.75) is 26.4 Å². The number of para-hydroxylation sites is 2. The van der Waals surface area contributed by atoms with Crippen LogP contribution in [0.3, 0.4) is 0 Å².